The maximum absolute atomic E-state index is 13.4. The summed E-state index contributed by atoms with van der Waals surface area (Å²) >= 11 is 0. The Balaban J connectivity index is 2.42. The second-order valence-electron chi connectivity index (χ2n) is 5.04. The molecule has 0 spiro atoms. The molecule has 1 aromatic rings. The van der Waals surface area contributed by atoms with Crippen molar-refractivity contribution in [3.05, 3.63) is 29.6 Å². The van der Waals surface area contributed by atoms with Gasteiger partial charge in [0.05, 0.1) is 17.1 Å². The second-order valence-corrected chi connectivity index (χ2v) is 6.94. The normalized spacial score (nSPS) is 24.8. The van der Waals surface area contributed by atoms with E-state index in [1.54, 1.807) is 0 Å². The highest BCUT2D eigenvalue weighted by Crippen LogP contribution is 2.24. The Morgan fingerprint density at radius 1 is 1.35 bits per heavy atom. The number of nitrogens with two attached hydrogens (primary N) is 1. The maximum atomic E-state index is 13.4. The fourth-order valence-electron chi connectivity index (χ4n) is 2.40. The van der Waals surface area contributed by atoms with Crippen molar-refractivity contribution in [2.75, 3.05) is 13.1 Å². The van der Waals surface area contributed by atoms with Crippen LogP contribution in [-0.2, 0) is 21.3 Å². The highest BCUT2D eigenvalue weighted by molar-refractivity contribution is 7.89. The minimum atomic E-state index is -3.76. The summed E-state index contributed by atoms with van der Waals surface area (Å²) in [6.07, 6.45) is -0.383. The Morgan fingerprint density at radius 3 is 2.50 bits per heavy atom. The number of sulfonamides is 1. The summed E-state index contributed by atoms with van der Waals surface area (Å²) in [7, 11) is -3.76. The van der Waals surface area contributed by atoms with Gasteiger partial charge in [-0.1, -0.05) is 6.07 Å². The topological polar surface area (TPSA) is 72.6 Å². The molecule has 20 heavy (non-hydrogen) atoms. The summed E-state index contributed by atoms with van der Waals surface area (Å²) in [5.74, 6) is -0.588. The number of ether oxygens (including phenoxy) is 1. The van der Waals surface area contributed by atoms with Crippen molar-refractivity contribution < 1.29 is 17.5 Å². The van der Waals surface area contributed by atoms with Crippen LogP contribution in [0.4, 0.5) is 4.39 Å². The SMILES string of the molecule is CC1CN(S(=O)(=O)c2cc(F)ccc2CN)CC(C)O1. The average molecular weight is 302 g/mol. The monoisotopic (exact) mass is 302 g/mol. The van der Waals surface area contributed by atoms with Crippen LogP contribution in [0.25, 0.3) is 0 Å². The van der Waals surface area contributed by atoms with E-state index in [1.165, 1.54) is 16.4 Å². The van der Waals surface area contributed by atoms with Crippen molar-refractivity contribution in [2.45, 2.75) is 37.5 Å². The van der Waals surface area contributed by atoms with Gasteiger partial charge in [-0.3, -0.25) is 0 Å². The lowest BCUT2D eigenvalue weighted by atomic mass is 10.2. The molecule has 2 N–H and O–H groups in total. The molecule has 2 unspecified atom stereocenters. The van der Waals surface area contributed by atoms with E-state index >= 15 is 0 Å². The first-order valence-corrected chi connectivity index (χ1v) is 7.92. The minimum absolute atomic E-state index is 0.0459. The Labute approximate surface area is 118 Å². The van der Waals surface area contributed by atoms with Gasteiger partial charge in [-0.05, 0) is 31.5 Å². The number of rotatable bonds is 3. The van der Waals surface area contributed by atoms with E-state index in [4.69, 9.17) is 10.5 Å². The molecule has 0 bridgehead atoms. The van der Waals surface area contributed by atoms with Crippen LogP contribution in [0.3, 0.4) is 0 Å². The molecule has 0 aliphatic carbocycles. The molecule has 1 aliphatic heterocycles. The van der Waals surface area contributed by atoms with E-state index < -0.39 is 15.8 Å². The molecular weight excluding hydrogens is 283 g/mol. The molecule has 0 saturated carbocycles. The zero-order chi connectivity index (χ0) is 14.9. The largest absolute Gasteiger partial charge is 0.373 e. The smallest absolute Gasteiger partial charge is 0.243 e. The first-order valence-electron chi connectivity index (χ1n) is 6.48. The number of benzene rings is 1. The van der Waals surface area contributed by atoms with E-state index in [1.807, 2.05) is 13.8 Å². The van der Waals surface area contributed by atoms with Gasteiger partial charge in [0.25, 0.3) is 0 Å². The third-order valence-corrected chi connectivity index (χ3v) is 5.17. The van der Waals surface area contributed by atoms with Gasteiger partial charge in [0.15, 0.2) is 0 Å². The van der Waals surface area contributed by atoms with Gasteiger partial charge >= 0.3 is 0 Å². The summed E-state index contributed by atoms with van der Waals surface area (Å²) in [5, 5.41) is 0. The predicted octanol–water partition coefficient (Wildman–Crippen LogP) is 1.08. The fourth-order valence-corrected chi connectivity index (χ4v) is 4.24. The van der Waals surface area contributed by atoms with E-state index in [0.29, 0.717) is 5.56 Å². The first-order chi connectivity index (χ1) is 9.34. The second kappa shape index (κ2) is 5.77. The summed E-state index contributed by atoms with van der Waals surface area (Å²) < 4.78 is 45.6. The van der Waals surface area contributed by atoms with Crippen LogP contribution in [-0.4, -0.2) is 38.0 Å². The van der Waals surface area contributed by atoms with Crippen LogP contribution >= 0.6 is 0 Å². The molecule has 1 heterocycles. The lowest BCUT2D eigenvalue weighted by Crippen LogP contribution is -2.48. The molecule has 2 rings (SSSR count). The van der Waals surface area contributed by atoms with Crippen molar-refractivity contribution in [2.24, 2.45) is 5.73 Å². The fraction of sp³-hybridized carbons (Fsp3) is 0.538. The molecule has 1 saturated heterocycles. The third kappa shape index (κ3) is 3.01. The van der Waals surface area contributed by atoms with Gasteiger partial charge in [-0.15, -0.1) is 0 Å². The molecule has 1 fully saturated rings. The van der Waals surface area contributed by atoms with Crippen LogP contribution in [0.5, 0.6) is 0 Å². The highest BCUT2D eigenvalue weighted by Gasteiger charge is 2.33. The summed E-state index contributed by atoms with van der Waals surface area (Å²) in [6, 6.07) is 3.66. The molecule has 5 nitrogen and oxygen atoms in total. The zero-order valence-electron chi connectivity index (χ0n) is 11.5. The minimum Gasteiger partial charge on any atom is -0.373 e. The van der Waals surface area contributed by atoms with Crippen molar-refractivity contribution in [1.82, 2.24) is 4.31 Å². The van der Waals surface area contributed by atoms with Gasteiger partial charge in [-0.2, -0.15) is 4.31 Å². The first kappa shape index (κ1) is 15.4. The summed E-state index contributed by atoms with van der Waals surface area (Å²) in [4.78, 5) is -0.0544. The van der Waals surface area contributed by atoms with Crippen LogP contribution in [0, 0.1) is 5.82 Å². The number of halogens is 1. The quantitative estimate of drug-likeness (QED) is 0.907. The zero-order valence-corrected chi connectivity index (χ0v) is 12.4. The van der Waals surface area contributed by atoms with Crippen molar-refractivity contribution in [3.8, 4) is 0 Å². The molecule has 2 atom stereocenters. The van der Waals surface area contributed by atoms with Crippen LogP contribution in [0.2, 0.25) is 0 Å². The Hall–Kier alpha value is -1.02. The summed E-state index contributed by atoms with van der Waals surface area (Å²) in [5.41, 5.74) is 5.97. The van der Waals surface area contributed by atoms with E-state index in [2.05, 4.69) is 0 Å². The Bertz CT molecular complexity index is 581. The molecule has 0 aromatic heterocycles. The van der Waals surface area contributed by atoms with Gasteiger partial charge in [-0.25, -0.2) is 12.8 Å². The molecule has 0 radical (unpaired) electrons. The Morgan fingerprint density at radius 2 is 1.95 bits per heavy atom. The molecular formula is C13H19FN2O3S. The van der Waals surface area contributed by atoms with E-state index in [9.17, 15) is 12.8 Å². The molecule has 7 heteroatoms. The third-order valence-electron chi connectivity index (χ3n) is 3.25. The molecule has 1 aromatic carbocycles. The van der Waals surface area contributed by atoms with Gasteiger partial charge in [0.2, 0.25) is 10.0 Å². The van der Waals surface area contributed by atoms with Crippen molar-refractivity contribution in [1.29, 1.82) is 0 Å². The number of hydrogen-bond donors (Lipinski definition) is 1. The van der Waals surface area contributed by atoms with Crippen LogP contribution in [0.1, 0.15) is 19.4 Å². The van der Waals surface area contributed by atoms with Gasteiger partial charge in [0.1, 0.15) is 5.82 Å². The van der Waals surface area contributed by atoms with Crippen LogP contribution < -0.4 is 5.73 Å². The molecule has 1 aliphatic rings. The lowest BCUT2D eigenvalue weighted by Gasteiger charge is -2.34. The number of morpholine rings is 1. The highest BCUT2D eigenvalue weighted by atomic mass is 32.2. The average Bonchev–Trinajstić information content (AvgIpc) is 2.37. The van der Waals surface area contributed by atoms with Crippen molar-refractivity contribution in [3.63, 3.8) is 0 Å². The Kier molecular flexibility index (Phi) is 4.43. The van der Waals surface area contributed by atoms with Crippen molar-refractivity contribution >= 4 is 10.0 Å². The molecule has 0 amide bonds. The van der Waals surface area contributed by atoms with Gasteiger partial charge in [0, 0.05) is 19.6 Å². The maximum Gasteiger partial charge on any atom is 0.243 e. The van der Waals surface area contributed by atoms with E-state index in [-0.39, 0.29) is 36.7 Å². The lowest BCUT2D eigenvalue weighted by molar-refractivity contribution is -0.0441. The summed E-state index contributed by atoms with van der Waals surface area (Å²) in [6.45, 7) is 4.19. The predicted molar refractivity (Wildman–Crippen MR) is 73.1 cm³/mol. The van der Waals surface area contributed by atoms with E-state index in [0.717, 1.165) is 6.07 Å². The van der Waals surface area contributed by atoms with Gasteiger partial charge < -0.3 is 10.5 Å². The van der Waals surface area contributed by atoms with Crippen LogP contribution in [0.15, 0.2) is 23.1 Å². The standard InChI is InChI=1S/C13H19FN2O3S/c1-9-7-16(8-10(2)19-9)20(17,18)13-5-12(14)4-3-11(13)6-15/h3-5,9-10H,6-8,15H2,1-2H3. The molecule has 112 valence electrons. The number of nitrogens with zero attached hydrogens (tertiary/aromatic N) is 1. The number of hydrogen-bond acceptors (Lipinski definition) is 4.